The Morgan fingerprint density at radius 1 is 1.03 bits per heavy atom. The lowest BCUT2D eigenvalue weighted by Crippen LogP contribution is -2.11. The van der Waals surface area contributed by atoms with E-state index in [1.807, 2.05) is 42.5 Å². The van der Waals surface area contributed by atoms with Gasteiger partial charge in [-0.3, -0.25) is 4.79 Å². The molecule has 1 amide bonds. The molecular formula is C23H19FN2OS2. The van der Waals surface area contributed by atoms with Crippen LogP contribution in [-0.2, 0) is 4.79 Å². The minimum absolute atomic E-state index is 0.00819. The van der Waals surface area contributed by atoms with E-state index in [0.717, 1.165) is 43.5 Å². The molecule has 1 heterocycles. The zero-order valence-corrected chi connectivity index (χ0v) is 17.2. The number of thioether (sulfide) groups is 1. The monoisotopic (exact) mass is 422 g/mol. The highest BCUT2D eigenvalue weighted by Crippen LogP contribution is 2.31. The standard InChI is InChI=1S/C23H19FN2OS2/c24-17-10-12-19(13-11-17)28-14-4-9-22(27)25-18-6-3-5-16(15-18)23-26-20-7-1-2-8-21(20)29-23/h1-3,5-8,10-13,15H,4,9,14H2,(H,25,27). The molecule has 1 N–H and O–H groups in total. The van der Waals surface area contributed by atoms with Gasteiger partial charge in [0.25, 0.3) is 0 Å². The van der Waals surface area contributed by atoms with E-state index in [2.05, 4.69) is 16.4 Å². The Morgan fingerprint density at radius 2 is 1.86 bits per heavy atom. The van der Waals surface area contributed by atoms with Gasteiger partial charge in [-0.05, 0) is 60.7 Å². The number of fused-ring (bicyclic) bond motifs is 1. The fourth-order valence-electron chi connectivity index (χ4n) is 2.90. The third-order valence-corrected chi connectivity index (χ3v) is 6.50. The molecule has 0 aliphatic heterocycles. The summed E-state index contributed by atoms with van der Waals surface area (Å²) >= 11 is 3.27. The van der Waals surface area contributed by atoms with Crippen LogP contribution in [0, 0.1) is 5.82 Å². The molecule has 0 saturated carbocycles. The maximum atomic E-state index is 12.9. The summed E-state index contributed by atoms with van der Waals surface area (Å²) in [5.41, 5.74) is 2.76. The molecule has 1 aromatic heterocycles. The SMILES string of the molecule is O=C(CCCSc1ccc(F)cc1)Nc1cccc(-c2nc3ccccc3s2)c1. The first kappa shape index (κ1) is 19.6. The van der Waals surface area contributed by atoms with Gasteiger partial charge in [-0.15, -0.1) is 23.1 Å². The van der Waals surface area contributed by atoms with Crippen molar-refractivity contribution in [3.8, 4) is 10.6 Å². The Morgan fingerprint density at radius 3 is 2.69 bits per heavy atom. The molecule has 29 heavy (non-hydrogen) atoms. The number of carbonyl (C=O) groups excluding carboxylic acids is 1. The number of halogens is 1. The van der Waals surface area contributed by atoms with Crippen LogP contribution in [0.2, 0.25) is 0 Å². The van der Waals surface area contributed by atoms with E-state index in [9.17, 15) is 9.18 Å². The molecule has 0 unspecified atom stereocenters. The summed E-state index contributed by atoms with van der Waals surface area (Å²) in [7, 11) is 0. The van der Waals surface area contributed by atoms with Gasteiger partial charge in [0.2, 0.25) is 5.91 Å². The molecule has 4 rings (SSSR count). The average molecular weight is 423 g/mol. The molecule has 3 nitrogen and oxygen atoms in total. The maximum Gasteiger partial charge on any atom is 0.224 e. The highest BCUT2D eigenvalue weighted by atomic mass is 32.2. The fraction of sp³-hybridized carbons (Fsp3) is 0.130. The smallest absolute Gasteiger partial charge is 0.224 e. The van der Waals surface area contributed by atoms with Crippen LogP contribution in [0.4, 0.5) is 10.1 Å². The van der Waals surface area contributed by atoms with Gasteiger partial charge in [-0.2, -0.15) is 0 Å². The van der Waals surface area contributed by atoms with Crippen molar-refractivity contribution >= 4 is 44.9 Å². The number of anilines is 1. The van der Waals surface area contributed by atoms with E-state index in [4.69, 9.17) is 0 Å². The molecule has 146 valence electrons. The van der Waals surface area contributed by atoms with E-state index >= 15 is 0 Å². The van der Waals surface area contributed by atoms with Gasteiger partial charge in [-0.25, -0.2) is 9.37 Å². The Balaban J connectivity index is 1.31. The number of hydrogen-bond donors (Lipinski definition) is 1. The maximum absolute atomic E-state index is 12.9. The lowest BCUT2D eigenvalue weighted by molar-refractivity contribution is -0.116. The van der Waals surface area contributed by atoms with Crippen LogP contribution < -0.4 is 5.32 Å². The van der Waals surface area contributed by atoms with Crippen molar-refractivity contribution in [2.24, 2.45) is 0 Å². The molecule has 0 fully saturated rings. The van der Waals surface area contributed by atoms with Crippen molar-refractivity contribution < 1.29 is 9.18 Å². The zero-order valence-electron chi connectivity index (χ0n) is 15.6. The Bertz CT molecular complexity index is 1090. The first-order chi connectivity index (χ1) is 14.2. The van der Waals surface area contributed by atoms with Crippen LogP contribution in [-0.4, -0.2) is 16.6 Å². The van der Waals surface area contributed by atoms with Gasteiger partial charge in [-0.1, -0.05) is 24.3 Å². The molecule has 6 heteroatoms. The minimum atomic E-state index is -0.234. The van der Waals surface area contributed by atoms with Gasteiger partial charge in [0.15, 0.2) is 0 Å². The lowest BCUT2D eigenvalue weighted by Gasteiger charge is -2.07. The van der Waals surface area contributed by atoms with Crippen LogP contribution in [0.5, 0.6) is 0 Å². The third kappa shape index (κ3) is 5.22. The van der Waals surface area contributed by atoms with Crippen molar-refractivity contribution in [1.29, 1.82) is 0 Å². The number of nitrogens with one attached hydrogen (secondary N) is 1. The Kier molecular flexibility index (Phi) is 6.22. The second kappa shape index (κ2) is 9.20. The van der Waals surface area contributed by atoms with Crippen molar-refractivity contribution in [1.82, 2.24) is 4.98 Å². The fourth-order valence-corrected chi connectivity index (χ4v) is 4.72. The summed E-state index contributed by atoms with van der Waals surface area (Å²) < 4.78 is 14.1. The number of rotatable bonds is 7. The third-order valence-electron chi connectivity index (χ3n) is 4.32. The predicted octanol–water partition coefficient (Wildman–Crippen LogP) is 6.61. The van der Waals surface area contributed by atoms with Crippen LogP contribution in [0.3, 0.4) is 0 Å². The van der Waals surface area contributed by atoms with Gasteiger partial charge in [0.1, 0.15) is 10.8 Å². The molecule has 0 aliphatic carbocycles. The lowest BCUT2D eigenvalue weighted by atomic mass is 10.2. The first-order valence-electron chi connectivity index (χ1n) is 9.32. The van der Waals surface area contributed by atoms with Crippen LogP contribution in [0.1, 0.15) is 12.8 Å². The second-order valence-corrected chi connectivity index (χ2v) is 8.72. The summed E-state index contributed by atoms with van der Waals surface area (Å²) in [6.07, 6.45) is 1.20. The molecule has 4 aromatic rings. The average Bonchev–Trinajstić information content (AvgIpc) is 3.17. The Hall–Kier alpha value is -2.70. The molecule has 0 aliphatic rings. The van der Waals surface area contributed by atoms with Crippen LogP contribution in [0.15, 0.2) is 77.7 Å². The number of amides is 1. The molecule has 3 aromatic carbocycles. The van der Waals surface area contributed by atoms with Crippen molar-refractivity contribution in [2.75, 3.05) is 11.1 Å². The highest BCUT2D eigenvalue weighted by molar-refractivity contribution is 7.99. The normalized spacial score (nSPS) is 10.9. The number of carbonyl (C=O) groups is 1. The highest BCUT2D eigenvalue weighted by Gasteiger charge is 2.08. The summed E-state index contributed by atoms with van der Waals surface area (Å²) in [4.78, 5) is 18.0. The molecule has 0 spiro atoms. The Labute approximate surface area is 177 Å². The van der Waals surface area contributed by atoms with E-state index in [-0.39, 0.29) is 11.7 Å². The number of hydrogen-bond acceptors (Lipinski definition) is 4. The number of benzene rings is 3. The summed E-state index contributed by atoms with van der Waals surface area (Å²) in [5, 5.41) is 3.91. The summed E-state index contributed by atoms with van der Waals surface area (Å²) in [6, 6.07) is 22.3. The van der Waals surface area contributed by atoms with E-state index < -0.39 is 0 Å². The number of para-hydroxylation sites is 1. The van der Waals surface area contributed by atoms with Gasteiger partial charge >= 0.3 is 0 Å². The molecular weight excluding hydrogens is 403 g/mol. The van der Waals surface area contributed by atoms with Gasteiger partial charge < -0.3 is 5.32 Å². The van der Waals surface area contributed by atoms with E-state index in [0.29, 0.717) is 6.42 Å². The zero-order chi connectivity index (χ0) is 20.1. The molecule has 0 saturated heterocycles. The summed E-state index contributed by atoms with van der Waals surface area (Å²) in [5.74, 6) is 0.568. The first-order valence-corrected chi connectivity index (χ1v) is 11.1. The largest absolute Gasteiger partial charge is 0.326 e. The van der Waals surface area contributed by atoms with Crippen LogP contribution >= 0.6 is 23.1 Å². The van der Waals surface area contributed by atoms with E-state index in [1.54, 1.807) is 35.2 Å². The number of nitrogens with zero attached hydrogens (tertiary/aromatic N) is 1. The van der Waals surface area contributed by atoms with Crippen molar-refractivity contribution in [3.05, 3.63) is 78.6 Å². The second-order valence-electron chi connectivity index (χ2n) is 6.52. The topological polar surface area (TPSA) is 42.0 Å². The molecule has 0 radical (unpaired) electrons. The quantitative estimate of drug-likeness (QED) is 0.269. The molecule has 0 atom stereocenters. The predicted molar refractivity (Wildman–Crippen MR) is 120 cm³/mol. The van der Waals surface area contributed by atoms with Crippen LogP contribution in [0.25, 0.3) is 20.8 Å². The summed E-state index contributed by atoms with van der Waals surface area (Å²) in [6.45, 7) is 0. The number of aromatic nitrogens is 1. The molecule has 0 bridgehead atoms. The minimum Gasteiger partial charge on any atom is -0.326 e. The van der Waals surface area contributed by atoms with E-state index in [1.165, 1.54) is 12.1 Å². The van der Waals surface area contributed by atoms with Crippen molar-refractivity contribution in [3.63, 3.8) is 0 Å². The van der Waals surface area contributed by atoms with Gasteiger partial charge in [0, 0.05) is 22.6 Å². The van der Waals surface area contributed by atoms with Gasteiger partial charge in [0.05, 0.1) is 10.2 Å². The number of thiazole rings is 1. The van der Waals surface area contributed by atoms with Crippen molar-refractivity contribution in [2.45, 2.75) is 17.7 Å².